The first-order chi connectivity index (χ1) is 17.9. The zero-order valence-corrected chi connectivity index (χ0v) is 21.2. The van der Waals surface area contributed by atoms with E-state index in [1.54, 1.807) is 23.2 Å². The van der Waals surface area contributed by atoms with Crippen LogP contribution >= 0.6 is 0 Å². The number of anilines is 2. The Morgan fingerprint density at radius 2 is 1.73 bits per heavy atom. The Balaban J connectivity index is 1.34. The van der Waals surface area contributed by atoms with Crippen molar-refractivity contribution in [3.63, 3.8) is 0 Å². The highest BCUT2D eigenvalue weighted by atomic mass is 32.2. The van der Waals surface area contributed by atoms with Gasteiger partial charge in [-0.2, -0.15) is 4.72 Å². The first-order valence-electron chi connectivity index (χ1n) is 12.3. The number of carbonyl (C=O) groups excluding carboxylic acids is 2. The summed E-state index contributed by atoms with van der Waals surface area (Å²) in [4.78, 5) is 33.6. The third-order valence-corrected chi connectivity index (χ3v) is 8.19. The van der Waals surface area contributed by atoms with Crippen molar-refractivity contribution in [1.82, 2.24) is 14.6 Å². The molecule has 2 aliphatic rings. The minimum absolute atomic E-state index is 0.0771. The number of benzene rings is 2. The number of rotatable bonds is 7. The summed E-state index contributed by atoms with van der Waals surface area (Å²) in [5.74, 6) is 0.524. The normalized spacial score (nSPS) is 16.6. The zero-order chi connectivity index (χ0) is 25.8. The first kappa shape index (κ1) is 24.9. The fourth-order valence-electron chi connectivity index (χ4n) is 4.73. The minimum Gasteiger partial charge on any atom is -0.353 e. The summed E-state index contributed by atoms with van der Waals surface area (Å²) >= 11 is 0. The van der Waals surface area contributed by atoms with Crippen molar-refractivity contribution in [3.05, 3.63) is 84.1 Å². The molecule has 0 saturated carbocycles. The molecular weight excluding hydrogens is 490 g/mol. The Hall–Kier alpha value is -3.76. The Labute approximate surface area is 216 Å². The smallest absolute Gasteiger partial charge is 0.241 e. The van der Waals surface area contributed by atoms with Gasteiger partial charge in [0.1, 0.15) is 11.9 Å². The summed E-state index contributed by atoms with van der Waals surface area (Å²) in [7, 11) is -3.99. The fourth-order valence-corrected chi connectivity index (χ4v) is 5.97. The van der Waals surface area contributed by atoms with Crippen molar-refractivity contribution in [2.75, 3.05) is 36.4 Å². The van der Waals surface area contributed by atoms with E-state index in [0.29, 0.717) is 44.7 Å². The van der Waals surface area contributed by atoms with Gasteiger partial charge in [-0.3, -0.25) is 9.59 Å². The van der Waals surface area contributed by atoms with Crippen LogP contribution in [0.4, 0.5) is 11.5 Å². The Morgan fingerprint density at radius 1 is 0.973 bits per heavy atom. The quantitative estimate of drug-likeness (QED) is 0.495. The van der Waals surface area contributed by atoms with Gasteiger partial charge in [0.25, 0.3) is 0 Å². The van der Waals surface area contributed by atoms with E-state index in [0.717, 1.165) is 16.9 Å². The Morgan fingerprint density at radius 3 is 2.46 bits per heavy atom. The molecule has 2 amide bonds. The number of nitrogens with zero attached hydrogens (tertiary/aromatic N) is 3. The lowest BCUT2D eigenvalue weighted by atomic mass is 10.0. The summed E-state index contributed by atoms with van der Waals surface area (Å²) in [5.41, 5.74) is 2.25. The lowest BCUT2D eigenvalue weighted by molar-refractivity contribution is -0.133. The third kappa shape index (κ3) is 5.81. The molecule has 2 aliphatic heterocycles. The maximum absolute atomic E-state index is 13.6. The topological polar surface area (TPSA) is 112 Å². The second-order valence-corrected chi connectivity index (χ2v) is 10.9. The molecule has 3 aromatic rings. The van der Waals surface area contributed by atoms with Crippen LogP contribution in [0, 0.1) is 0 Å². The predicted octanol–water partition coefficient (Wildman–Crippen LogP) is 2.20. The highest BCUT2D eigenvalue weighted by Gasteiger charge is 2.32. The van der Waals surface area contributed by atoms with E-state index in [1.165, 1.54) is 6.07 Å². The molecule has 2 aromatic carbocycles. The standard InChI is InChI=1S/C27H29N5O4S/c33-26-12-9-21-19-22(10-11-23(21)29-26)37(35,36)30-24(18-20-6-2-1-3-7-20)27(34)32-16-14-31(15-17-32)25-8-4-5-13-28-25/h1-8,10-11,13,19,24,30H,9,12,14-18H2,(H,29,33)/t24-/m0/s1. The van der Waals surface area contributed by atoms with Gasteiger partial charge < -0.3 is 15.1 Å². The van der Waals surface area contributed by atoms with Gasteiger partial charge in [-0.15, -0.1) is 0 Å². The van der Waals surface area contributed by atoms with E-state index in [2.05, 4.69) is 19.9 Å². The average Bonchev–Trinajstić information content (AvgIpc) is 2.93. The molecule has 0 unspecified atom stereocenters. The molecule has 3 heterocycles. The number of carbonyl (C=O) groups is 2. The van der Waals surface area contributed by atoms with Crippen LogP contribution in [0.2, 0.25) is 0 Å². The first-order valence-corrected chi connectivity index (χ1v) is 13.8. The molecule has 5 rings (SSSR count). The summed E-state index contributed by atoms with van der Waals surface area (Å²) in [6.45, 7) is 2.18. The maximum Gasteiger partial charge on any atom is 0.241 e. The van der Waals surface area contributed by atoms with Crippen LogP contribution in [0.15, 0.2) is 77.8 Å². The number of piperazine rings is 1. The number of aromatic nitrogens is 1. The van der Waals surface area contributed by atoms with Gasteiger partial charge in [-0.25, -0.2) is 13.4 Å². The van der Waals surface area contributed by atoms with Crippen LogP contribution in [0.5, 0.6) is 0 Å². The Bertz CT molecular complexity index is 1370. The number of amides is 2. The molecule has 1 aromatic heterocycles. The van der Waals surface area contributed by atoms with E-state index in [1.807, 2.05) is 48.5 Å². The second-order valence-electron chi connectivity index (χ2n) is 9.23. The number of hydrogen-bond acceptors (Lipinski definition) is 6. The van der Waals surface area contributed by atoms with Crippen molar-refractivity contribution < 1.29 is 18.0 Å². The summed E-state index contributed by atoms with van der Waals surface area (Å²) < 4.78 is 29.5. The van der Waals surface area contributed by atoms with Gasteiger partial charge in [-0.05, 0) is 54.3 Å². The van der Waals surface area contributed by atoms with Crippen LogP contribution in [0.3, 0.4) is 0 Å². The molecule has 0 radical (unpaired) electrons. The molecule has 9 nitrogen and oxygen atoms in total. The summed E-state index contributed by atoms with van der Waals surface area (Å²) in [5, 5.41) is 2.77. The van der Waals surface area contributed by atoms with E-state index in [-0.39, 0.29) is 23.1 Å². The van der Waals surface area contributed by atoms with Gasteiger partial charge in [0.2, 0.25) is 21.8 Å². The van der Waals surface area contributed by atoms with Crippen LogP contribution in [0.1, 0.15) is 17.5 Å². The van der Waals surface area contributed by atoms with Crippen LogP contribution in [0.25, 0.3) is 0 Å². The van der Waals surface area contributed by atoms with E-state index >= 15 is 0 Å². The number of hydrogen-bond donors (Lipinski definition) is 2. The van der Waals surface area contributed by atoms with Crippen molar-refractivity contribution in [1.29, 1.82) is 0 Å². The van der Waals surface area contributed by atoms with Gasteiger partial charge in [0.05, 0.1) is 4.90 Å². The summed E-state index contributed by atoms with van der Waals surface area (Å²) in [6, 6.07) is 18.8. The van der Waals surface area contributed by atoms with Crippen LogP contribution in [-0.4, -0.2) is 62.3 Å². The SMILES string of the molecule is O=C1CCc2cc(S(=O)(=O)N[C@@H](Cc3ccccc3)C(=O)N3CCN(c4ccccn4)CC3)ccc2N1. The van der Waals surface area contributed by atoms with Crippen molar-refractivity contribution in [2.45, 2.75) is 30.2 Å². The second kappa shape index (κ2) is 10.7. The molecule has 0 spiro atoms. The summed E-state index contributed by atoms with van der Waals surface area (Å²) in [6.07, 6.45) is 2.76. The van der Waals surface area contributed by atoms with Crippen LogP contribution < -0.4 is 14.9 Å². The highest BCUT2D eigenvalue weighted by molar-refractivity contribution is 7.89. The largest absolute Gasteiger partial charge is 0.353 e. The highest BCUT2D eigenvalue weighted by Crippen LogP contribution is 2.26. The molecule has 2 N–H and O–H groups in total. The monoisotopic (exact) mass is 519 g/mol. The average molecular weight is 520 g/mol. The number of sulfonamides is 1. The van der Waals surface area contributed by atoms with Gasteiger partial charge >= 0.3 is 0 Å². The molecular formula is C27H29N5O4S. The molecule has 0 aliphatic carbocycles. The lowest BCUT2D eigenvalue weighted by Gasteiger charge is -2.37. The molecule has 0 bridgehead atoms. The fraction of sp³-hybridized carbons (Fsp3) is 0.296. The predicted molar refractivity (Wildman–Crippen MR) is 141 cm³/mol. The number of aryl methyl sites for hydroxylation is 1. The molecule has 192 valence electrons. The number of fused-ring (bicyclic) bond motifs is 1. The lowest BCUT2D eigenvalue weighted by Crippen LogP contribution is -2.55. The molecule has 1 fully saturated rings. The van der Waals surface area contributed by atoms with Gasteiger partial charge in [0, 0.05) is 44.5 Å². The van der Waals surface area contributed by atoms with Gasteiger partial charge in [0.15, 0.2) is 0 Å². The van der Waals surface area contributed by atoms with E-state index < -0.39 is 16.1 Å². The third-order valence-electron chi connectivity index (χ3n) is 6.73. The number of pyridine rings is 1. The zero-order valence-electron chi connectivity index (χ0n) is 20.3. The van der Waals surface area contributed by atoms with Crippen molar-refractivity contribution >= 4 is 33.3 Å². The van der Waals surface area contributed by atoms with Crippen molar-refractivity contribution in [2.24, 2.45) is 0 Å². The Kier molecular flexibility index (Phi) is 7.20. The van der Waals surface area contributed by atoms with Crippen molar-refractivity contribution in [3.8, 4) is 0 Å². The maximum atomic E-state index is 13.6. The molecule has 1 saturated heterocycles. The van der Waals surface area contributed by atoms with Gasteiger partial charge in [-0.1, -0.05) is 36.4 Å². The number of nitrogens with one attached hydrogen (secondary N) is 2. The van der Waals surface area contributed by atoms with Crippen LogP contribution in [-0.2, 0) is 32.5 Å². The minimum atomic E-state index is -3.99. The molecule has 10 heteroatoms. The van der Waals surface area contributed by atoms with E-state index in [9.17, 15) is 18.0 Å². The van der Waals surface area contributed by atoms with E-state index in [4.69, 9.17) is 0 Å². The molecule has 1 atom stereocenters. The molecule has 37 heavy (non-hydrogen) atoms.